The molecule has 0 unspecified atom stereocenters. The predicted molar refractivity (Wildman–Crippen MR) is 74.8 cm³/mol. The molecule has 0 saturated carbocycles. The zero-order valence-electron chi connectivity index (χ0n) is 12.0. The molecule has 1 aromatic carbocycles. The molecule has 5 nitrogen and oxygen atoms in total. The predicted octanol–water partition coefficient (Wildman–Crippen LogP) is 0.310. The number of hydrogen-bond donors (Lipinski definition) is 0. The van der Waals surface area contributed by atoms with Gasteiger partial charge >= 0.3 is 0 Å². The summed E-state index contributed by atoms with van der Waals surface area (Å²) in [5.41, 5.74) is 0.619. The van der Waals surface area contributed by atoms with Crippen LogP contribution in [0.5, 0.6) is 0 Å². The molecule has 1 aromatic rings. The number of hydrogen-bond acceptors (Lipinski definition) is 3. The van der Waals surface area contributed by atoms with Gasteiger partial charge in [-0.25, -0.2) is 4.39 Å². The number of fused-ring (bicyclic) bond motifs is 1. The summed E-state index contributed by atoms with van der Waals surface area (Å²) < 4.78 is 13.7. The van der Waals surface area contributed by atoms with Crippen molar-refractivity contribution in [2.45, 2.75) is 12.6 Å². The SMILES string of the molecule is CN1CC(=O)N2CCN(Cc3ccccc3F)C[C@@H]2C1=O. The molecule has 3 rings (SSSR count). The van der Waals surface area contributed by atoms with Gasteiger partial charge in [-0.1, -0.05) is 18.2 Å². The Labute approximate surface area is 122 Å². The van der Waals surface area contributed by atoms with Gasteiger partial charge in [-0.2, -0.15) is 0 Å². The van der Waals surface area contributed by atoms with E-state index in [1.807, 2.05) is 4.90 Å². The molecular formula is C15H18FN3O2. The van der Waals surface area contributed by atoms with Gasteiger partial charge in [-0.05, 0) is 6.07 Å². The molecule has 2 amide bonds. The van der Waals surface area contributed by atoms with Crippen molar-refractivity contribution < 1.29 is 14.0 Å². The lowest BCUT2D eigenvalue weighted by Gasteiger charge is -2.45. The number of amides is 2. The zero-order valence-corrected chi connectivity index (χ0v) is 12.0. The fourth-order valence-corrected chi connectivity index (χ4v) is 2.99. The molecule has 2 heterocycles. The first-order valence-electron chi connectivity index (χ1n) is 7.06. The zero-order chi connectivity index (χ0) is 15.0. The third-order valence-corrected chi connectivity index (χ3v) is 4.17. The van der Waals surface area contributed by atoms with Crippen LogP contribution in [-0.2, 0) is 16.1 Å². The number of piperazine rings is 2. The van der Waals surface area contributed by atoms with E-state index >= 15 is 0 Å². The van der Waals surface area contributed by atoms with E-state index in [1.54, 1.807) is 30.1 Å². The molecule has 2 aliphatic rings. The van der Waals surface area contributed by atoms with Crippen LogP contribution < -0.4 is 0 Å². The molecule has 0 aliphatic carbocycles. The molecule has 0 spiro atoms. The van der Waals surface area contributed by atoms with Crippen LogP contribution in [0.1, 0.15) is 5.56 Å². The van der Waals surface area contributed by atoms with Crippen molar-refractivity contribution in [3.63, 3.8) is 0 Å². The topological polar surface area (TPSA) is 43.9 Å². The van der Waals surface area contributed by atoms with Crippen LogP contribution in [0.3, 0.4) is 0 Å². The van der Waals surface area contributed by atoms with Crippen molar-refractivity contribution in [1.29, 1.82) is 0 Å². The monoisotopic (exact) mass is 291 g/mol. The van der Waals surface area contributed by atoms with E-state index in [1.165, 1.54) is 11.0 Å². The van der Waals surface area contributed by atoms with Crippen LogP contribution in [0.15, 0.2) is 24.3 Å². The van der Waals surface area contributed by atoms with Crippen molar-refractivity contribution in [1.82, 2.24) is 14.7 Å². The molecule has 6 heteroatoms. The van der Waals surface area contributed by atoms with E-state index in [2.05, 4.69) is 0 Å². The van der Waals surface area contributed by atoms with E-state index in [-0.39, 0.29) is 24.2 Å². The maximum Gasteiger partial charge on any atom is 0.246 e. The van der Waals surface area contributed by atoms with E-state index in [0.717, 1.165) is 0 Å². The van der Waals surface area contributed by atoms with Gasteiger partial charge in [0.1, 0.15) is 11.9 Å². The van der Waals surface area contributed by atoms with Gasteiger partial charge in [0.2, 0.25) is 11.8 Å². The highest BCUT2D eigenvalue weighted by Gasteiger charge is 2.41. The van der Waals surface area contributed by atoms with Gasteiger partial charge in [0.25, 0.3) is 0 Å². The Morgan fingerprint density at radius 3 is 2.76 bits per heavy atom. The van der Waals surface area contributed by atoms with E-state index in [0.29, 0.717) is 31.7 Å². The van der Waals surface area contributed by atoms with Gasteiger partial charge < -0.3 is 9.80 Å². The fourth-order valence-electron chi connectivity index (χ4n) is 2.99. The summed E-state index contributed by atoms with van der Waals surface area (Å²) in [7, 11) is 1.65. The molecule has 0 N–H and O–H groups in total. The maximum absolute atomic E-state index is 13.7. The first-order valence-corrected chi connectivity index (χ1v) is 7.06. The van der Waals surface area contributed by atoms with Crippen molar-refractivity contribution in [3.05, 3.63) is 35.6 Å². The van der Waals surface area contributed by atoms with Gasteiger partial charge in [0.05, 0.1) is 6.54 Å². The molecule has 21 heavy (non-hydrogen) atoms. The lowest BCUT2D eigenvalue weighted by atomic mass is 10.1. The van der Waals surface area contributed by atoms with Crippen LogP contribution in [0, 0.1) is 5.82 Å². The largest absolute Gasteiger partial charge is 0.335 e. The lowest BCUT2D eigenvalue weighted by Crippen LogP contribution is -2.65. The highest BCUT2D eigenvalue weighted by molar-refractivity contribution is 5.95. The highest BCUT2D eigenvalue weighted by atomic mass is 19.1. The molecule has 2 aliphatic heterocycles. The minimum Gasteiger partial charge on any atom is -0.335 e. The van der Waals surface area contributed by atoms with E-state index in [9.17, 15) is 14.0 Å². The highest BCUT2D eigenvalue weighted by Crippen LogP contribution is 2.19. The summed E-state index contributed by atoms with van der Waals surface area (Å²) in [4.78, 5) is 29.3. The van der Waals surface area contributed by atoms with E-state index < -0.39 is 6.04 Å². The molecule has 1 atom stereocenters. The molecule has 0 bridgehead atoms. The number of likely N-dealkylation sites (N-methyl/N-ethyl adjacent to an activating group) is 1. The third kappa shape index (κ3) is 2.63. The van der Waals surface area contributed by atoms with Crippen LogP contribution in [0.2, 0.25) is 0 Å². The average Bonchev–Trinajstić information content (AvgIpc) is 2.47. The van der Waals surface area contributed by atoms with Crippen molar-refractivity contribution in [3.8, 4) is 0 Å². The summed E-state index contributed by atoms with van der Waals surface area (Å²) in [5, 5.41) is 0. The number of nitrogens with zero attached hydrogens (tertiary/aromatic N) is 3. The second-order valence-electron chi connectivity index (χ2n) is 5.62. The van der Waals surface area contributed by atoms with Gasteiger partial charge in [0, 0.05) is 38.8 Å². The molecular weight excluding hydrogens is 273 g/mol. The summed E-state index contributed by atoms with van der Waals surface area (Å²) in [5.74, 6) is -0.274. The molecule has 2 fully saturated rings. The Morgan fingerprint density at radius 1 is 1.24 bits per heavy atom. The van der Waals surface area contributed by atoms with Crippen LogP contribution in [0.25, 0.3) is 0 Å². The number of benzene rings is 1. The number of carbonyl (C=O) groups is 2. The molecule has 112 valence electrons. The minimum atomic E-state index is -0.434. The van der Waals surface area contributed by atoms with Crippen LogP contribution in [0.4, 0.5) is 4.39 Å². The number of rotatable bonds is 2. The normalized spacial score (nSPS) is 23.4. The second-order valence-corrected chi connectivity index (χ2v) is 5.62. The van der Waals surface area contributed by atoms with Gasteiger partial charge in [-0.15, -0.1) is 0 Å². The molecule has 0 radical (unpaired) electrons. The first kappa shape index (κ1) is 14.0. The third-order valence-electron chi connectivity index (χ3n) is 4.17. The van der Waals surface area contributed by atoms with Crippen LogP contribution in [-0.4, -0.2) is 65.8 Å². The Hall–Kier alpha value is -1.95. The van der Waals surface area contributed by atoms with Gasteiger partial charge in [0.15, 0.2) is 0 Å². The van der Waals surface area contributed by atoms with Crippen molar-refractivity contribution >= 4 is 11.8 Å². The standard InChI is InChI=1S/C15H18FN3O2/c1-17-10-14(20)19-7-6-18(9-13(19)15(17)21)8-11-4-2-3-5-12(11)16/h2-5,13H,6-10H2,1H3/t13-/m1/s1. The number of carbonyl (C=O) groups excluding carboxylic acids is 2. The Bertz CT molecular complexity index is 578. The van der Waals surface area contributed by atoms with Crippen molar-refractivity contribution in [2.24, 2.45) is 0 Å². The Balaban J connectivity index is 1.72. The van der Waals surface area contributed by atoms with Crippen LogP contribution >= 0.6 is 0 Å². The van der Waals surface area contributed by atoms with Crippen molar-refractivity contribution in [2.75, 3.05) is 33.2 Å². The lowest BCUT2D eigenvalue weighted by molar-refractivity contribution is -0.158. The number of halogens is 1. The summed E-state index contributed by atoms with van der Waals surface area (Å²) in [6, 6.07) is 6.22. The molecule has 0 aromatic heterocycles. The smallest absolute Gasteiger partial charge is 0.246 e. The first-order chi connectivity index (χ1) is 10.1. The second kappa shape index (κ2) is 5.44. The molecule has 2 saturated heterocycles. The maximum atomic E-state index is 13.7. The quantitative estimate of drug-likeness (QED) is 0.788. The average molecular weight is 291 g/mol. The minimum absolute atomic E-state index is 0.00681. The summed E-state index contributed by atoms with van der Waals surface area (Å²) in [6.45, 7) is 2.26. The fraction of sp³-hybridized carbons (Fsp3) is 0.467. The Kier molecular flexibility index (Phi) is 3.63. The van der Waals surface area contributed by atoms with Gasteiger partial charge in [-0.3, -0.25) is 14.5 Å². The Morgan fingerprint density at radius 2 is 2.00 bits per heavy atom. The summed E-state index contributed by atoms with van der Waals surface area (Å²) >= 11 is 0. The summed E-state index contributed by atoms with van der Waals surface area (Å²) in [6.07, 6.45) is 0. The van der Waals surface area contributed by atoms with E-state index in [4.69, 9.17) is 0 Å².